The Hall–Kier alpha value is -2.64. The van der Waals surface area contributed by atoms with E-state index in [4.69, 9.17) is 4.42 Å². The molecule has 6 nitrogen and oxygen atoms in total. The highest BCUT2D eigenvalue weighted by Gasteiger charge is 2.18. The molecular formula is C20H22ClFN4O2. The third-order valence-corrected chi connectivity index (χ3v) is 4.83. The molecule has 3 heterocycles. The highest BCUT2D eigenvalue weighted by Crippen LogP contribution is 2.28. The lowest BCUT2D eigenvalue weighted by Crippen LogP contribution is -2.31. The average molecular weight is 405 g/mol. The molecule has 4 rings (SSSR count). The second kappa shape index (κ2) is 9.03. The van der Waals surface area contributed by atoms with Crippen LogP contribution in [-0.2, 0) is 13.0 Å². The number of hydrogen-bond donors (Lipinski definition) is 3. The molecule has 0 radical (unpaired) electrons. The highest BCUT2D eigenvalue weighted by molar-refractivity contribution is 5.85. The summed E-state index contributed by atoms with van der Waals surface area (Å²) in [7, 11) is 0. The largest absolute Gasteiger partial charge is 0.469 e. The second-order valence-electron chi connectivity index (χ2n) is 6.60. The molecule has 1 aromatic carbocycles. The summed E-state index contributed by atoms with van der Waals surface area (Å²) in [5.74, 6) is 1.01. The Bertz CT molecular complexity index is 957. The van der Waals surface area contributed by atoms with Gasteiger partial charge in [0.05, 0.1) is 12.0 Å². The Morgan fingerprint density at radius 3 is 2.82 bits per heavy atom. The zero-order valence-corrected chi connectivity index (χ0v) is 16.0. The lowest BCUT2D eigenvalue weighted by molar-refractivity contribution is 0.477. The molecule has 3 N–H and O–H groups in total. The number of nitrogens with zero attached hydrogens (tertiary/aromatic N) is 1. The number of aromatic amines is 1. The first-order chi connectivity index (χ1) is 13.2. The number of fused-ring (bicyclic) bond motifs is 1. The van der Waals surface area contributed by atoms with Crippen LogP contribution in [0.4, 0.5) is 10.3 Å². The molecule has 0 saturated carbocycles. The minimum absolute atomic E-state index is 0. The molecule has 3 aromatic rings. The topological polar surface area (TPSA) is 83.0 Å². The van der Waals surface area contributed by atoms with E-state index in [1.54, 1.807) is 18.4 Å². The van der Waals surface area contributed by atoms with Gasteiger partial charge in [-0.3, -0.25) is 9.78 Å². The Kier molecular flexibility index (Phi) is 6.49. The maximum Gasteiger partial charge on any atom is 0.255 e. The number of H-pyrrole nitrogens is 1. The van der Waals surface area contributed by atoms with Crippen LogP contribution in [0.1, 0.15) is 34.9 Å². The maximum atomic E-state index is 13.3. The van der Waals surface area contributed by atoms with Crippen molar-refractivity contribution < 1.29 is 8.81 Å². The fourth-order valence-corrected chi connectivity index (χ4v) is 3.45. The van der Waals surface area contributed by atoms with Crippen molar-refractivity contribution in [3.8, 4) is 0 Å². The summed E-state index contributed by atoms with van der Waals surface area (Å²) in [4.78, 5) is 19.5. The highest BCUT2D eigenvalue weighted by atomic mass is 35.5. The standard InChI is InChI=1S/C20H21FN4O2.ClH/c21-14-5-3-13(4-6-14)15(18-2-1-11-27-18)8-10-23-20-24-17-12-22-9-7-16(17)19(26)25-20;/h1-6,11,15,22H,7-10,12H2,(H2,23,24,25,26);1H. The van der Waals surface area contributed by atoms with E-state index in [1.807, 2.05) is 12.1 Å². The smallest absolute Gasteiger partial charge is 0.255 e. The van der Waals surface area contributed by atoms with E-state index >= 15 is 0 Å². The minimum Gasteiger partial charge on any atom is -0.469 e. The monoisotopic (exact) mass is 404 g/mol. The van der Waals surface area contributed by atoms with Gasteiger partial charge in [0.1, 0.15) is 11.6 Å². The van der Waals surface area contributed by atoms with E-state index < -0.39 is 0 Å². The first kappa shape index (κ1) is 20.1. The number of rotatable bonds is 6. The van der Waals surface area contributed by atoms with Gasteiger partial charge in [0.2, 0.25) is 5.95 Å². The molecule has 0 spiro atoms. The van der Waals surface area contributed by atoms with E-state index in [0.29, 0.717) is 31.9 Å². The van der Waals surface area contributed by atoms with Crippen LogP contribution >= 0.6 is 12.4 Å². The van der Waals surface area contributed by atoms with Gasteiger partial charge in [-0.1, -0.05) is 12.1 Å². The molecule has 0 saturated heterocycles. The molecule has 0 fully saturated rings. The number of furan rings is 1. The van der Waals surface area contributed by atoms with Crippen molar-refractivity contribution in [2.45, 2.75) is 25.3 Å². The van der Waals surface area contributed by atoms with Gasteiger partial charge in [-0.2, -0.15) is 0 Å². The van der Waals surface area contributed by atoms with Crippen LogP contribution in [0.3, 0.4) is 0 Å². The first-order valence-electron chi connectivity index (χ1n) is 9.06. The number of hydrogen-bond acceptors (Lipinski definition) is 5. The molecule has 148 valence electrons. The summed E-state index contributed by atoms with van der Waals surface area (Å²) in [6.07, 6.45) is 3.04. The van der Waals surface area contributed by atoms with Crippen LogP contribution in [0.2, 0.25) is 0 Å². The lowest BCUT2D eigenvalue weighted by Gasteiger charge is -2.18. The molecule has 0 amide bonds. The van der Waals surface area contributed by atoms with Crippen molar-refractivity contribution in [3.63, 3.8) is 0 Å². The molecule has 0 aliphatic carbocycles. The van der Waals surface area contributed by atoms with Gasteiger partial charge in [-0.25, -0.2) is 9.37 Å². The SMILES string of the molecule is Cl.O=c1[nH]c(NCCC(c2ccc(F)cc2)c2ccco2)nc2c1CCNC2. The summed E-state index contributed by atoms with van der Waals surface area (Å²) >= 11 is 0. The fraction of sp³-hybridized carbons (Fsp3) is 0.300. The Morgan fingerprint density at radius 2 is 2.07 bits per heavy atom. The molecular weight excluding hydrogens is 383 g/mol. The minimum atomic E-state index is -0.264. The van der Waals surface area contributed by atoms with Crippen molar-refractivity contribution >= 4 is 18.4 Å². The van der Waals surface area contributed by atoms with Crippen molar-refractivity contribution in [2.24, 2.45) is 0 Å². The Labute approximate surface area is 168 Å². The third-order valence-electron chi connectivity index (χ3n) is 4.83. The van der Waals surface area contributed by atoms with Gasteiger partial charge < -0.3 is 15.1 Å². The third kappa shape index (κ3) is 4.43. The van der Waals surface area contributed by atoms with Gasteiger partial charge >= 0.3 is 0 Å². The number of nitrogens with one attached hydrogen (secondary N) is 3. The van der Waals surface area contributed by atoms with Crippen LogP contribution in [0, 0.1) is 5.82 Å². The van der Waals surface area contributed by atoms with E-state index in [9.17, 15) is 9.18 Å². The van der Waals surface area contributed by atoms with Gasteiger partial charge in [-0.05, 0) is 49.2 Å². The predicted octanol–water partition coefficient (Wildman–Crippen LogP) is 3.20. The van der Waals surface area contributed by atoms with Gasteiger partial charge in [0, 0.05) is 24.6 Å². The molecule has 1 aliphatic heterocycles. The van der Waals surface area contributed by atoms with E-state index in [2.05, 4.69) is 20.6 Å². The van der Waals surface area contributed by atoms with Crippen LogP contribution in [-0.4, -0.2) is 23.1 Å². The summed E-state index contributed by atoms with van der Waals surface area (Å²) in [6.45, 7) is 1.99. The number of anilines is 1. The van der Waals surface area contributed by atoms with Crippen molar-refractivity contribution in [2.75, 3.05) is 18.4 Å². The predicted molar refractivity (Wildman–Crippen MR) is 108 cm³/mol. The zero-order chi connectivity index (χ0) is 18.6. The Balaban J connectivity index is 0.00000225. The summed E-state index contributed by atoms with van der Waals surface area (Å²) in [6, 6.07) is 10.2. The lowest BCUT2D eigenvalue weighted by atomic mass is 9.93. The maximum absolute atomic E-state index is 13.3. The van der Waals surface area contributed by atoms with E-state index in [-0.39, 0.29) is 29.7 Å². The molecule has 1 aliphatic rings. The quantitative estimate of drug-likeness (QED) is 0.587. The summed E-state index contributed by atoms with van der Waals surface area (Å²) in [5, 5.41) is 6.43. The number of aromatic nitrogens is 2. The molecule has 0 bridgehead atoms. The van der Waals surface area contributed by atoms with Crippen molar-refractivity contribution in [1.29, 1.82) is 0 Å². The van der Waals surface area contributed by atoms with E-state index in [0.717, 1.165) is 29.1 Å². The first-order valence-corrected chi connectivity index (χ1v) is 9.06. The summed E-state index contributed by atoms with van der Waals surface area (Å²) < 4.78 is 18.8. The summed E-state index contributed by atoms with van der Waals surface area (Å²) in [5.41, 5.74) is 2.46. The zero-order valence-electron chi connectivity index (χ0n) is 15.2. The molecule has 1 atom stereocenters. The second-order valence-corrected chi connectivity index (χ2v) is 6.60. The molecule has 2 aromatic heterocycles. The van der Waals surface area contributed by atoms with Gasteiger partial charge in [-0.15, -0.1) is 12.4 Å². The Morgan fingerprint density at radius 1 is 1.25 bits per heavy atom. The van der Waals surface area contributed by atoms with Crippen LogP contribution in [0.5, 0.6) is 0 Å². The fourth-order valence-electron chi connectivity index (χ4n) is 3.45. The number of halogens is 2. The van der Waals surface area contributed by atoms with Crippen molar-refractivity contribution in [3.05, 3.63) is 81.4 Å². The van der Waals surface area contributed by atoms with Crippen LogP contribution in [0.25, 0.3) is 0 Å². The molecule has 1 unspecified atom stereocenters. The number of benzene rings is 1. The molecule has 8 heteroatoms. The average Bonchev–Trinajstić information content (AvgIpc) is 3.21. The van der Waals surface area contributed by atoms with Gasteiger partial charge in [0.15, 0.2) is 0 Å². The van der Waals surface area contributed by atoms with E-state index in [1.165, 1.54) is 12.1 Å². The van der Waals surface area contributed by atoms with Crippen LogP contribution < -0.4 is 16.2 Å². The van der Waals surface area contributed by atoms with Crippen LogP contribution in [0.15, 0.2) is 51.9 Å². The van der Waals surface area contributed by atoms with Gasteiger partial charge in [0.25, 0.3) is 5.56 Å². The normalized spacial score (nSPS) is 14.0. The molecule has 28 heavy (non-hydrogen) atoms. The van der Waals surface area contributed by atoms with Crippen molar-refractivity contribution in [1.82, 2.24) is 15.3 Å².